The number of hydrogen-bond acceptors (Lipinski definition) is 3. The fraction of sp³-hybridized carbons (Fsp3) is 0.550. The smallest absolute Gasteiger partial charge is 0.244 e. The Balaban J connectivity index is 1.88. The second-order valence-electron chi connectivity index (χ2n) is 8.32. The summed E-state index contributed by atoms with van der Waals surface area (Å²) in [5, 5.41) is 4.69. The van der Waals surface area contributed by atoms with E-state index in [-0.39, 0.29) is 12.0 Å². The molecule has 1 heterocycles. The molecule has 0 amide bonds. The van der Waals surface area contributed by atoms with Crippen LogP contribution < -0.4 is 4.72 Å². The summed E-state index contributed by atoms with van der Waals surface area (Å²) >= 11 is 0. The summed E-state index contributed by atoms with van der Waals surface area (Å²) < 4.78 is 30.6. The molecule has 0 radical (unpaired) electrons. The van der Waals surface area contributed by atoms with Crippen LogP contribution in [0.1, 0.15) is 69.3 Å². The highest BCUT2D eigenvalue weighted by molar-refractivity contribution is 7.89. The first-order chi connectivity index (χ1) is 12.2. The van der Waals surface area contributed by atoms with Gasteiger partial charge >= 0.3 is 0 Å². The molecular weight excluding hydrogens is 346 g/mol. The first-order valence-electron chi connectivity index (χ1n) is 9.32. The van der Waals surface area contributed by atoms with Crippen LogP contribution in [-0.2, 0) is 22.0 Å². The highest BCUT2D eigenvalue weighted by Crippen LogP contribution is 2.33. The molecule has 0 spiro atoms. The van der Waals surface area contributed by atoms with E-state index >= 15 is 0 Å². The van der Waals surface area contributed by atoms with Gasteiger partial charge in [0.05, 0.1) is 11.7 Å². The third-order valence-corrected chi connectivity index (χ3v) is 6.39. The lowest BCUT2D eigenvalue weighted by atomic mass is 9.92. The zero-order chi connectivity index (χ0) is 18.9. The fourth-order valence-corrected chi connectivity index (χ4v) is 4.77. The van der Waals surface area contributed by atoms with Crippen molar-refractivity contribution in [3.63, 3.8) is 0 Å². The van der Waals surface area contributed by atoms with Gasteiger partial charge in [0.15, 0.2) is 0 Å². The van der Waals surface area contributed by atoms with E-state index in [0.717, 1.165) is 24.0 Å². The SMILES string of the molecule is Cc1ccc(CNS(=O)(=O)c2cn(C3CCCC3)nc2C(C)(C)C)cc1. The van der Waals surface area contributed by atoms with Gasteiger partial charge in [-0.1, -0.05) is 63.4 Å². The minimum absolute atomic E-state index is 0.279. The van der Waals surface area contributed by atoms with Gasteiger partial charge in [-0.2, -0.15) is 5.10 Å². The number of aryl methyl sites for hydroxylation is 1. The average Bonchev–Trinajstić information content (AvgIpc) is 3.23. The van der Waals surface area contributed by atoms with Crippen LogP contribution in [0, 0.1) is 6.92 Å². The summed E-state index contributed by atoms with van der Waals surface area (Å²) in [5.74, 6) is 0. The van der Waals surface area contributed by atoms with Gasteiger partial charge in [-0.05, 0) is 25.3 Å². The van der Waals surface area contributed by atoms with Gasteiger partial charge in [-0.3, -0.25) is 4.68 Å². The van der Waals surface area contributed by atoms with Crippen LogP contribution in [0.4, 0.5) is 0 Å². The summed E-state index contributed by atoms with van der Waals surface area (Å²) in [5.41, 5.74) is 2.41. The number of rotatable bonds is 5. The Kier molecular flexibility index (Phi) is 5.26. The Morgan fingerprint density at radius 3 is 2.35 bits per heavy atom. The average molecular weight is 376 g/mol. The zero-order valence-electron chi connectivity index (χ0n) is 16.1. The molecule has 1 aliphatic rings. The lowest BCUT2D eigenvalue weighted by Crippen LogP contribution is -2.26. The van der Waals surface area contributed by atoms with Crippen molar-refractivity contribution in [2.45, 2.75) is 76.3 Å². The monoisotopic (exact) mass is 375 g/mol. The molecule has 1 aliphatic carbocycles. The van der Waals surface area contributed by atoms with E-state index < -0.39 is 10.0 Å². The summed E-state index contributed by atoms with van der Waals surface area (Å²) in [7, 11) is -3.62. The maximum Gasteiger partial charge on any atom is 0.244 e. The standard InChI is InChI=1S/C20H29N3O2S/c1-15-9-11-16(12-10-15)13-21-26(24,25)18-14-23(17-7-5-6-8-17)22-19(18)20(2,3)4/h9-12,14,17,21H,5-8,13H2,1-4H3. The summed E-state index contributed by atoms with van der Waals surface area (Å²) in [6.07, 6.45) is 6.24. The third-order valence-electron chi connectivity index (χ3n) is 4.98. The Morgan fingerprint density at radius 1 is 1.15 bits per heavy atom. The van der Waals surface area contributed by atoms with Gasteiger partial charge in [-0.15, -0.1) is 0 Å². The molecule has 0 atom stereocenters. The quantitative estimate of drug-likeness (QED) is 0.856. The highest BCUT2D eigenvalue weighted by atomic mass is 32.2. The lowest BCUT2D eigenvalue weighted by molar-refractivity contribution is 0.448. The van der Waals surface area contributed by atoms with E-state index in [2.05, 4.69) is 4.72 Å². The molecule has 142 valence electrons. The second-order valence-corrected chi connectivity index (χ2v) is 10.1. The number of nitrogens with one attached hydrogen (secondary N) is 1. The first-order valence-corrected chi connectivity index (χ1v) is 10.8. The number of benzene rings is 1. The van der Waals surface area contributed by atoms with Crippen LogP contribution in [0.2, 0.25) is 0 Å². The molecule has 0 unspecified atom stereocenters. The molecule has 2 aromatic rings. The van der Waals surface area contributed by atoms with Crippen molar-refractivity contribution in [2.75, 3.05) is 0 Å². The normalized spacial score (nSPS) is 16.3. The molecule has 6 heteroatoms. The molecule has 1 N–H and O–H groups in total. The Bertz CT molecular complexity index is 855. The van der Waals surface area contributed by atoms with Gasteiger partial charge in [0.25, 0.3) is 0 Å². The largest absolute Gasteiger partial charge is 0.268 e. The van der Waals surface area contributed by atoms with Crippen LogP contribution in [0.25, 0.3) is 0 Å². The summed E-state index contributed by atoms with van der Waals surface area (Å²) in [4.78, 5) is 0.309. The van der Waals surface area contributed by atoms with Crippen molar-refractivity contribution in [1.29, 1.82) is 0 Å². The van der Waals surface area contributed by atoms with Crippen molar-refractivity contribution in [2.24, 2.45) is 0 Å². The number of hydrogen-bond donors (Lipinski definition) is 1. The van der Waals surface area contributed by atoms with E-state index in [4.69, 9.17) is 5.10 Å². The molecule has 26 heavy (non-hydrogen) atoms. The Labute approximate surface area is 156 Å². The molecule has 1 aromatic heterocycles. The molecule has 0 bridgehead atoms. The highest BCUT2D eigenvalue weighted by Gasteiger charge is 2.31. The second kappa shape index (κ2) is 7.16. The molecule has 3 rings (SSSR count). The topological polar surface area (TPSA) is 64.0 Å². The van der Waals surface area contributed by atoms with Gasteiger partial charge < -0.3 is 0 Å². The molecule has 1 saturated carbocycles. The van der Waals surface area contributed by atoms with Crippen LogP contribution in [0.3, 0.4) is 0 Å². The van der Waals surface area contributed by atoms with Crippen molar-refractivity contribution in [3.05, 3.63) is 47.3 Å². The minimum Gasteiger partial charge on any atom is -0.268 e. The zero-order valence-corrected chi connectivity index (χ0v) is 16.9. The van der Waals surface area contributed by atoms with Crippen molar-refractivity contribution >= 4 is 10.0 Å². The predicted octanol–water partition coefficient (Wildman–Crippen LogP) is 4.08. The predicted molar refractivity (Wildman–Crippen MR) is 104 cm³/mol. The molecule has 0 aliphatic heterocycles. The fourth-order valence-electron chi connectivity index (χ4n) is 3.41. The van der Waals surface area contributed by atoms with E-state index in [9.17, 15) is 8.42 Å². The molecule has 1 fully saturated rings. The van der Waals surface area contributed by atoms with Crippen LogP contribution in [0.5, 0.6) is 0 Å². The van der Waals surface area contributed by atoms with Crippen molar-refractivity contribution < 1.29 is 8.42 Å². The maximum atomic E-state index is 13.0. The Hall–Kier alpha value is -1.66. The van der Waals surface area contributed by atoms with Gasteiger partial charge in [-0.25, -0.2) is 13.1 Å². The van der Waals surface area contributed by atoms with E-state index in [1.807, 2.05) is 56.6 Å². The van der Waals surface area contributed by atoms with Crippen LogP contribution >= 0.6 is 0 Å². The van der Waals surface area contributed by atoms with E-state index in [1.165, 1.54) is 12.8 Å². The first kappa shape index (κ1) is 19.1. The maximum absolute atomic E-state index is 13.0. The van der Waals surface area contributed by atoms with Crippen LogP contribution in [-0.4, -0.2) is 18.2 Å². The Morgan fingerprint density at radius 2 is 1.77 bits per heavy atom. The molecular formula is C20H29N3O2S. The van der Waals surface area contributed by atoms with E-state index in [1.54, 1.807) is 6.20 Å². The van der Waals surface area contributed by atoms with Crippen molar-refractivity contribution in [3.8, 4) is 0 Å². The number of aromatic nitrogens is 2. The van der Waals surface area contributed by atoms with E-state index in [0.29, 0.717) is 16.6 Å². The molecule has 5 nitrogen and oxygen atoms in total. The minimum atomic E-state index is -3.62. The van der Waals surface area contributed by atoms with Crippen molar-refractivity contribution in [1.82, 2.24) is 14.5 Å². The molecule has 1 aromatic carbocycles. The third kappa shape index (κ3) is 4.18. The lowest BCUT2D eigenvalue weighted by Gasteiger charge is -2.18. The van der Waals surface area contributed by atoms with Gasteiger partial charge in [0, 0.05) is 18.2 Å². The molecule has 0 saturated heterocycles. The number of sulfonamides is 1. The summed E-state index contributed by atoms with van der Waals surface area (Å²) in [6.45, 7) is 8.32. The van der Waals surface area contributed by atoms with Gasteiger partial charge in [0.2, 0.25) is 10.0 Å². The number of nitrogens with zero attached hydrogens (tertiary/aromatic N) is 2. The van der Waals surface area contributed by atoms with Gasteiger partial charge in [0.1, 0.15) is 4.90 Å². The summed E-state index contributed by atoms with van der Waals surface area (Å²) in [6, 6.07) is 8.19. The van der Waals surface area contributed by atoms with Crippen LogP contribution in [0.15, 0.2) is 35.4 Å².